The van der Waals surface area contributed by atoms with Gasteiger partial charge in [-0.3, -0.25) is 0 Å². The Morgan fingerprint density at radius 3 is 1.57 bits per heavy atom. The van der Waals surface area contributed by atoms with Crippen molar-refractivity contribution >= 4 is 22.7 Å². The fourth-order valence-corrected chi connectivity index (χ4v) is 7.65. The Hall–Kier alpha value is -4.82. The zero-order valence-corrected chi connectivity index (χ0v) is 28.0. The van der Waals surface area contributed by atoms with Gasteiger partial charge < -0.3 is 9.80 Å². The molecule has 0 N–H and O–H groups in total. The number of rotatable bonds is 6. The van der Waals surface area contributed by atoms with Crippen molar-refractivity contribution in [2.24, 2.45) is 17.8 Å². The second-order valence-electron chi connectivity index (χ2n) is 13.5. The first-order chi connectivity index (χ1) is 22.3. The summed E-state index contributed by atoms with van der Waals surface area (Å²) in [5.74, 6) is 0.843. The minimum atomic E-state index is 0.172. The summed E-state index contributed by atoms with van der Waals surface area (Å²) < 4.78 is 0. The Morgan fingerprint density at radius 2 is 1.09 bits per heavy atom. The Kier molecular flexibility index (Phi) is 7.90. The fourth-order valence-electron chi connectivity index (χ4n) is 7.65. The van der Waals surface area contributed by atoms with Crippen molar-refractivity contribution in [2.75, 3.05) is 9.80 Å². The molecule has 2 nitrogen and oxygen atoms in total. The van der Waals surface area contributed by atoms with Crippen LogP contribution in [0.2, 0.25) is 0 Å². The molecule has 4 aromatic carbocycles. The standard InChI is InChI=1S/C44H44N2/c1-29-13-7-19-35(25-29)45(36-20-8-14-30(2)26-36)43-39-23-11-17-33(5)41(39)44(42-34(6)18-12-24-40(42)43)46(37-21-9-15-31(3)27-37)38-22-10-16-32(4)28-38/h7-17,19-28,33-34,41H,18H2,1-6H3. The molecule has 0 fully saturated rings. The molecule has 0 amide bonds. The third-order valence-corrected chi connectivity index (χ3v) is 9.71. The third-order valence-electron chi connectivity index (χ3n) is 9.71. The van der Waals surface area contributed by atoms with E-state index < -0.39 is 0 Å². The van der Waals surface area contributed by atoms with Crippen LogP contribution < -0.4 is 9.80 Å². The van der Waals surface area contributed by atoms with E-state index in [0.717, 1.165) is 6.42 Å². The van der Waals surface area contributed by atoms with Gasteiger partial charge in [-0.05, 0) is 128 Å². The molecule has 0 radical (unpaired) electrons. The largest absolute Gasteiger partial charge is 0.313 e. The second-order valence-corrected chi connectivity index (χ2v) is 13.5. The first kappa shape index (κ1) is 29.9. The van der Waals surface area contributed by atoms with Gasteiger partial charge in [0, 0.05) is 39.9 Å². The van der Waals surface area contributed by atoms with Gasteiger partial charge in [0.05, 0.1) is 5.70 Å². The van der Waals surface area contributed by atoms with Crippen LogP contribution in [0.3, 0.4) is 0 Å². The van der Waals surface area contributed by atoms with Gasteiger partial charge in [-0.25, -0.2) is 0 Å². The summed E-state index contributed by atoms with van der Waals surface area (Å²) in [4.78, 5) is 5.11. The number of aryl methyl sites for hydroxylation is 4. The summed E-state index contributed by atoms with van der Waals surface area (Å²) in [6.07, 6.45) is 12.9. The van der Waals surface area contributed by atoms with Crippen molar-refractivity contribution < 1.29 is 0 Å². The monoisotopic (exact) mass is 600 g/mol. The van der Waals surface area contributed by atoms with Gasteiger partial charge in [0.2, 0.25) is 0 Å². The normalized spacial score (nSPS) is 20.3. The Balaban J connectivity index is 1.60. The van der Waals surface area contributed by atoms with E-state index in [1.54, 1.807) is 0 Å². The topological polar surface area (TPSA) is 6.48 Å². The SMILES string of the molecule is Cc1cccc(N(C2=C3C=CCC(C)C3=C(N(c3cccc(C)c3)c3cccc(C)c3)C3C2=CC=CC3C)c2cccc(C)c2)c1. The molecule has 0 aromatic heterocycles. The molecule has 230 valence electrons. The van der Waals surface area contributed by atoms with Crippen LogP contribution in [0.4, 0.5) is 22.7 Å². The number of nitrogens with zero attached hydrogens (tertiary/aromatic N) is 2. The predicted molar refractivity (Wildman–Crippen MR) is 196 cm³/mol. The van der Waals surface area contributed by atoms with E-state index in [2.05, 4.69) is 179 Å². The summed E-state index contributed by atoms with van der Waals surface area (Å²) in [5, 5.41) is 0. The minimum absolute atomic E-state index is 0.172. The number of allylic oxidation sites excluding steroid dienone is 9. The summed E-state index contributed by atoms with van der Waals surface area (Å²) in [7, 11) is 0. The average Bonchev–Trinajstić information content (AvgIpc) is 3.03. The smallest absolute Gasteiger partial charge is 0.0576 e. The predicted octanol–water partition coefficient (Wildman–Crippen LogP) is 11.8. The van der Waals surface area contributed by atoms with E-state index in [1.807, 2.05) is 0 Å². The first-order valence-electron chi connectivity index (χ1n) is 16.7. The van der Waals surface area contributed by atoms with Gasteiger partial charge in [-0.2, -0.15) is 0 Å². The lowest BCUT2D eigenvalue weighted by molar-refractivity contribution is 0.515. The molecule has 0 bridgehead atoms. The molecule has 46 heavy (non-hydrogen) atoms. The minimum Gasteiger partial charge on any atom is -0.313 e. The van der Waals surface area contributed by atoms with Gasteiger partial charge in [0.15, 0.2) is 0 Å². The lowest BCUT2D eigenvalue weighted by Crippen LogP contribution is -2.38. The quantitative estimate of drug-likeness (QED) is 0.217. The number of hydrogen-bond donors (Lipinski definition) is 0. The number of fused-ring (bicyclic) bond motifs is 2. The molecule has 3 aliphatic carbocycles. The number of hydrogen-bond acceptors (Lipinski definition) is 2. The molecule has 0 saturated heterocycles. The van der Waals surface area contributed by atoms with Crippen LogP contribution in [-0.4, -0.2) is 0 Å². The fraction of sp³-hybridized carbons (Fsp3) is 0.227. The summed E-state index contributed by atoms with van der Waals surface area (Å²) in [6.45, 7) is 13.6. The number of anilines is 4. The third kappa shape index (κ3) is 5.36. The van der Waals surface area contributed by atoms with Crippen LogP contribution in [-0.2, 0) is 0 Å². The van der Waals surface area contributed by atoms with Crippen molar-refractivity contribution in [3.05, 3.63) is 178 Å². The molecule has 0 heterocycles. The molecule has 4 aromatic rings. The molecule has 7 rings (SSSR count). The molecule has 3 atom stereocenters. The van der Waals surface area contributed by atoms with Crippen molar-refractivity contribution in [1.29, 1.82) is 0 Å². The van der Waals surface area contributed by atoms with Gasteiger partial charge in [-0.15, -0.1) is 0 Å². The van der Waals surface area contributed by atoms with E-state index in [-0.39, 0.29) is 5.92 Å². The van der Waals surface area contributed by atoms with E-state index in [4.69, 9.17) is 0 Å². The van der Waals surface area contributed by atoms with Crippen LogP contribution >= 0.6 is 0 Å². The number of benzene rings is 4. The van der Waals surface area contributed by atoms with Crippen LogP contribution in [0.5, 0.6) is 0 Å². The average molecular weight is 601 g/mol. The lowest BCUT2D eigenvalue weighted by atomic mass is 9.68. The Labute approximate surface area is 275 Å². The van der Waals surface area contributed by atoms with Crippen LogP contribution in [0, 0.1) is 45.4 Å². The maximum absolute atomic E-state index is 2.58. The van der Waals surface area contributed by atoms with Gasteiger partial charge in [0.25, 0.3) is 0 Å². The van der Waals surface area contributed by atoms with Crippen molar-refractivity contribution in [1.82, 2.24) is 0 Å². The summed E-state index contributed by atoms with van der Waals surface area (Å²) >= 11 is 0. The van der Waals surface area contributed by atoms with Gasteiger partial charge >= 0.3 is 0 Å². The maximum Gasteiger partial charge on any atom is 0.0576 e. The zero-order chi connectivity index (χ0) is 31.9. The van der Waals surface area contributed by atoms with Crippen molar-refractivity contribution in [2.45, 2.75) is 48.0 Å². The van der Waals surface area contributed by atoms with Crippen molar-refractivity contribution in [3.8, 4) is 0 Å². The molecular formula is C44H44N2. The van der Waals surface area contributed by atoms with E-state index in [0.29, 0.717) is 11.8 Å². The summed E-state index contributed by atoms with van der Waals surface area (Å²) in [5.41, 5.74) is 16.7. The van der Waals surface area contributed by atoms with Crippen molar-refractivity contribution in [3.63, 3.8) is 0 Å². The molecule has 0 aliphatic heterocycles. The molecule has 3 unspecified atom stereocenters. The highest BCUT2D eigenvalue weighted by molar-refractivity contribution is 5.81. The Bertz CT molecular complexity index is 1870. The highest BCUT2D eigenvalue weighted by atomic mass is 15.2. The molecule has 0 spiro atoms. The molecule has 2 heteroatoms. The molecular weight excluding hydrogens is 556 g/mol. The van der Waals surface area contributed by atoms with Gasteiger partial charge in [-0.1, -0.05) is 92.8 Å². The van der Waals surface area contributed by atoms with E-state index in [1.165, 1.54) is 73.1 Å². The van der Waals surface area contributed by atoms with Gasteiger partial charge in [0.1, 0.15) is 0 Å². The molecule has 3 aliphatic rings. The van der Waals surface area contributed by atoms with Crippen LogP contribution in [0.1, 0.15) is 42.5 Å². The lowest BCUT2D eigenvalue weighted by Gasteiger charge is -2.47. The van der Waals surface area contributed by atoms with Crippen LogP contribution in [0.25, 0.3) is 0 Å². The van der Waals surface area contributed by atoms with E-state index in [9.17, 15) is 0 Å². The summed E-state index contributed by atoms with van der Waals surface area (Å²) in [6, 6.07) is 36.0. The maximum atomic E-state index is 2.58. The Morgan fingerprint density at radius 1 is 0.609 bits per heavy atom. The zero-order valence-electron chi connectivity index (χ0n) is 28.0. The van der Waals surface area contributed by atoms with Crippen LogP contribution in [0.15, 0.2) is 156 Å². The molecule has 0 saturated carbocycles. The first-order valence-corrected chi connectivity index (χ1v) is 16.7. The second kappa shape index (κ2) is 12.2. The van der Waals surface area contributed by atoms with E-state index >= 15 is 0 Å². The highest BCUT2D eigenvalue weighted by Gasteiger charge is 2.43. The highest BCUT2D eigenvalue weighted by Crippen LogP contribution is 2.54.